The highest BCUT2D eigenvalue weighted by Crippen LogP contribution is 2.61. The van der Waals surface area contributed by atoms with Crippen molar-refractivity contribution in [3.05, 3.63) is 270 Å². The smallest absolute Gasteiger partial charge is 0.0714 e. The van der Waals surface area contributed by atoms with Crippen LogP contribution in [0.1, 0.15) is 31.9 Å². The molecule has 0 N–H and O–H groups in total. The molecule has 0 amide bonds. The van der Waals surface area contributed by atoms with Crippen molar-refractivity contribution in [1.82, 2.24) is 0 Å². The Morgan fingerprint density at radius 1 is 0.393 bits per heavy atom. The maximum atomic E-state index is 9.17. The van der Waals surface area contributed by atoms with Crippen molar-refractivity contribution in [1.29, 1.82) is 0 Å². The van der Waals surface area contributed by atoms with E-state index in [2.05, 4.69) is 199 Å². The van der Waals surface area contributed by atoms with Gasteiger partial charge in [0.1, 0.15) is 0 Å². The van der Waals surface area contributed by atoms with E-state index in [0.29, 0.717) is 5.69 Å². The number of benzene rings is 10. The Hall–Kier alpha value is -7.74. The Balaban J connectivity index is 1.24. The molecule has 10 aromatic rings. The van der Waals surface area contributed by atoms with E-state index in [9.17, 15) is 4.11 Å². The molecule has 1 heteroatoms. The predicted octanol–water partition coefficient (Wildman–Crippen LogP) is 16.0. The van der Waals surface area contributed by atoms with Crippen LogP contribution >= 0.6 is 0 Å². The van der Waals surface area contributed by atoms with Crippen LogP contribution in [0.25, 0.3) is 55.3 Å². The van der Waals surface area contributed by atoms with Crippen molar-refractivity contribution in [2.75, 3.05) is 4.90 Å². The second kappa shape index (κ2) is 15.1. The maximum absolute atomic E-state index is 9.17. The van der Waals surface area contributed by atoms with Crippen LogP contribution in [-0.4, -0.2) is 0 Å². The van der Waals surface area contributed by atoms with Gasteiger partial charge in [-0.05, 0) is 109 Å². The molecule has 0 spiro atoms. The number of nitrogens with zero attached hydrogens (tertiary/aromatic N) is 1. The zero-order valence-electron chi connectivity index (χ0n) is 36.5. The van der Waals surface area contributed by atoms with Gasteiger partial charge < -0.3 is 4.90 Å². The number of hydrogen-bond donors (Lipinski definition) is 0. The molecular formula is C60H43N. The Morgan fingerprint density at radius 2 is 0.902 bits per heavy atom. The standard InChI is InChI=1S/C60H43N/c1-42-40-46(43-20-6-2-7-21-43)36-39-57(42)61(50-37-34-45(35-38-50)52-30-17-16-29-51(52)44-22-8-3-9-23-44)59-53-31-15-14-24-47(53)41-56-58(59)54-32-18-19-33-55(54)60(56,48-25-10-4-11-26-48)49-27-12-5-13-28-49/h2-41H,1H3/i1D3. The molecular weight excluding hydrogens is 735 g/mol. The second-order valence-corrected chi connectivity index (χ2v) is 15.8. The van der Waals surface area contributed by atoms with Gasteiger partial charge >= 0.3 is 0 Å². The molecule has 288 valence electrons. The molecule has 11 rings (SSSR count). The van der Waals surface area contributed by atoms with Gasteiger partial charge in [0.2, 0.25) is 0 Å². The molecule has 0 heterocycles. The molecule has 0 unspecified atom stereocenters. The number of aryl methyl sites for hydroxylation is 1. The summed E-state index contributed by atoms with van der Waals surface area (Å²) < 4.78 is 27.5. The Bertz CT molecular complexity index is 3250. The minimum Gasteiger partial charge on any atom is -0.309 e. The molecule has 0 saturated heterocycles. The zero-order valence-corrected chi connectivity index (χ0v) is 33.5. The van der Waals surface area contributed by atoms with E-state index in [1.807, 2.05) is 48.5 Å². The molecule has 0 fully saturated rings. The highest BCUT2D eigenvalue weighted by molar-refractivity contribution is 6.11. The summed E-state index contributed by atoms with van der Waals surface area (Å²) >= 11 is 0. The summed E-state index contributed by atoms with van der Waals surface area (Å²) in [6.07, 6.45) is 0. The van der Waals surface area contributed by atoms with Crippen molar-refractivity contribution >= 4 is 27.8 Å². The van der Waals surface area contributed by atoms with Crippen molar-refractivity contribution in [3.63, 3.8) is 0 Å². The summed E-state index contributed by atoms with van der Waals surface area (Å²) in [7, 11) is 0. The largest absolute Gasteiger partial charge is 0.309 e. The van der Waals surface area contributed by atoms with E-state index in [-0.39, 0.29) is 5.56 Å². The van der Waals surface area contributed by atoms with Gasteiger partial charge in [0.05, 0.1) is 11.1 Å². The van der Waals surface area contributed by atoms with Gasteiger partial charge in [-0.25, -0.2) is 0 Å². The van der Waals surface area contributed by atoms with Crippen LogP contribution in [0.4, 0.5) is 17.1 Å². The van der Waals surface area contributed by atoms with Crippen molar-refractivity contribution in [2.45, 2.75) is 12.3 Å². The van der Waals surface area contributed by atoms with Crippen molar-refractivity contribution < 1.29 is 4.11 Å². The number of anilines is 3. The summed E-state index contributed by atoms with van der Waals surface area (Å²) in [5.74, 6) is 0. The van der Waals surface area contributed by atoms with E-state index >= 15 is 0 Å². The Morgan fingerprint density at radius 3 is 1.54 bits per heavy atom. The quantitative estimate of drug-likeness (QED) is 0.148. The van der Waals surface area contributed by atoms with Crippen LogP contribution in [0, 0.1) is 6.85 Å². The molecule has 61 heavy (non-hydrogen) atoms. The van der Waals surface area contributed by atoms with Crippen LogP contribution < -0.4 is 4.90 Å². The summed E-state index contributed by atoms with van der Waals surface area (Å²) in [5, 5.41) is 2.09. The fourth-order valence-corrected chi connectivity index (χ4v) is 9.79. The summed E-state index contributed by atoms with van der Waals surface area (Å²) in [5.41, 5.74) is 15.1. The van der Waals surface area contributed by atoms with Crippen LogP contribution in [0.15, 0.2) is 243 Å². The fraction of sp³-hybridized carbons (Fsp3) is 0.0333. The van der Waals surface area contributed by atoms with E-state index in [0.717, 1.165) is 83.3 Å². The molecule has 1 aliphatic carbocycles. The molecule has 1 nitrogen and oxygen atoms in total. The first-order chi connectivity index (χ1) is 31.4. The lowest BCUT2D eigenvalue weighted by Crippen LogP contribution is -2.28. The van der Waals surface area contributed by atoms with Gasteiger partial charge in [-0.1, -0.05) is 212 Å². The second-order valence-electron chi connectivity index (χ2n) is 15.8. The Labute approximate surface area is 362 Å². The predicted molar refractivity (Wildman–Crippen MR) is 257 cm³/mol. The van der Waals surface area contributed by atoms with Gasteiger partial charge in [0.15, 0.2) is 0 Å². The van der Waals surface area contributed by atoms with E-state index in [1.54, 1.807) is 0 Å². The maximum Gasteiger partial charge on any atom is 0.0714 e. The molecule has 0 aromatic heterocycles. The third-order valence-corrected chi connectivity index (χ3v) is 12.5. The lowest BCUT2D eigenvalue weighted by Gasteiger charge is -2.35. The van der Waals surface area contributed by atoms with Crippen molar-refractivity contribution in [3.8, 4) is 44.5 Å². The average Bonchev–Trinajstić information content (AvgIpc) is 3.65. The molecule has 1 aliphatic rings. The summed E-state index contributed by atoms with van der Waals surface area (Å²) in [4.78, 5) is 2.23. The molecule has 0 radical (unpaired) electrons. The third-order valence-electron chi connectivity index (χ3n) is 12.5. The molecule has 10 aromatic carbocycles. The highest BCUT2D eigenvalue weighted by Gasteiger charge is 2.48. The van der Waals surface area contributed by atoms with Gasteiger partial charge in [-0.15, -0.1) is 0 Å². The topological polar surface area (TPSA) is 3.24 Å². The highest BCUT2D eigenvalue weighted by atomic mass is 15.1. The lowest BCUT2D eigenvalue weighted by molar-refractivity contribution is 0.769. The number of hydrogen-bond acceptors (Lipinski definition) is 1. The average molecular weight is 781 g/mol. The first-order valence-electron chi connectivity index (χ1n) is 22.4. The lowest BCUT2D eigenvalue weighted by atomic mass is 9.67. The van der Waals surface area contributed by atoms with Crippen LogP contribution in [0.2, 0.25) is 0 Å². The van der Waals surface area contributed by atoms with Gasteiger partial charge in [-0.3, -0.25) is 0 Å². The van der Waals surface area contributed by atoms with Gasteiger partial charge in [0, 0.05) is 26.4 Å². The third kappa shape index (κ3) is 6.01. The van der Waals surface area contributed by atoms with E-state index in [4.69, 9.17) is 0 Å². The molecule has 0 saturated carbocycles. The number of rotatable bonds is 8. The van der Waals surface area contributed by atoms with Crippen LogP contribution in [0.3, 0.4) is 0 Å². The minimum atomic E-state index is -2.45. The number of fused-ring (bicyclic) bond motifs is 4. The van der Waals surface area contributed by atoms with Gasteiger partial charge in [-0.2, -0.15) is 0 Å². The van der Waals surface area contributed by atoms with Gasteiger partial charge in [0.25, 0.3) is 0 Å². The van der Waals surface area contributed by atoms with Crippen LogP contribution in [0.5, 0.6) is 0 Å². The molecule has 0 aliphatic heterocycles. The van der Waals surface area contributed by atoms with Crippen molar-refractivity contribution in [2.24, 2.45) is 0 Å². The fourth-order valence-electron chi connectivity index (χ4n) is 9.79. The minimum absolute atomic E-state index is 0.276. The Kier molecular flexibility index (Phi) is 8.22. The summed E-state index contributed by atoms with van der Waals surface area (Å²) in [6, 6.07) is 85.0. The first-order valence-corrected chi connectivity index (χ1v) is 20.9. The monoisotopic (exact) mass is 780 g/mol. The SMILES string of the molecule is [2H]C([2H])([2H])c1cc(-c2ccccc2)ccc1N(c1ccc(-c2ccccc2-c2ccccc2)cc1)c1c2c(cc3ccccc13)C(c1ccccc1)(c1ccccc1)c1ccccc1-2. The zero-order chi connectivity index (χ0) is 43.3. The first kappa shape index (κ1) is 33.1. The molecule has 0 atom stereocenters. The molecule has 0 bridgehead atoms. The van der Waals surface area contributed by atoms with Crippen LogP contribution in [-0.2, 0) is 5.41 Å². The van der Waals surface area contributed by atoms with E-state index < -0.39 is 12.3 Å². The normalized spacial score (nSPS) is 13.4. The van der Waals surface area contributed by atoms with E-state index in [1.165, 1.54) is 5.56 Å². The summed E-state index contributed by atoms with van der Waals surface area (Å²) in [6.45, 7) is -2.45.